The van der Waals surface area contributed by atoms with E-state index in [1.165, 1.54) is 5.56 Å². The predicted octanol–water partition coefficient (Wildman–Crippen LogP) is 2.23. The molecule has 1 aliphatic heterocycles. The standard InChI is InChI=1S/C14H20N2O2/c1-10-3-5-13(6-4-10)15-14(18)16-8-7-12(9-16)11(2)17/h3-6,11-12,17H,7-9H2,1-2H3,(H,15,18). The number of nitrogens with zero attached hydrogens (tertiary/aromatic N) is 1. The van der Waals surface area contributed by atoms with Gasteiger partial charge in [-0.3, -0.25) is 0 Å². The van der Waals surface area contributed by atoms with E-state index in [0.29, 0.717) is 13.1 Å². The van der Waals surface area contributed by atoms with Gasteiger partial charge in [0.2, 0.25) is 0 Å². The van der Waals surface area contributed by atoms with Crippen LogP contribution in [-0.2, 0) is 0 Å². The third kappa shape index (κ3) is 3.01. The highest BCUT2D eigenvalue weighted by atomic mass is 16.3. The maximum atomic E-state index is 12.0. The highest BCUT2D eigenvalue weighted by Gasteiger charge is 2.28. The Hall–Kier alpha value is -1.55. The van der Waals surface area contributed by atoms with Crippen LogP contribution in [0.3, 0.4) is 0 Å². The molecule has 1 fully saturated rings. The number of aryl methyl sites for hydroxylation is 1. The van der Waals surface area contributed by atoms with Gasteiger partial charge in [0.15, 0.2) is 0 Å². The van der Waals surface area contributed by atoms with Crippen molar-refractivity contribution >= 4 is 11.7 Å². The number of amides is 2. The molecule has 0 radical (unpaired) electrons. The van der Waals surface area contributed by atoms with Gasteiger partial charge in [-0.15, -0.1) is 0 Å². The van der Waals surface area contributed by atoms with Crippen molar-refractivity contribution in [2.24, 2.45) is 5.92 Å². The van der Waals surface area contributed by atoms with Gasteiger partial charge in [-0.25, -0.2) is 4.79 Å². The summed E-state index contributed by atoms with van der Waals surface area (Å²) in [6.07, 6.45) is 0.529. The summed E-state index contributed by atoms with van der Waals surface area (Å²) in [5.74, 6) is 0.203. The second-order valence-electron chi connectivity index (χ2n) is 5.03. The topological polar surface area (TPSA) is 52.6 Å². The summed E-state index contributed by atoms with van der Waals surface area (Å²) in [4.78, 5) is 13.8. The number of carbonyl (C=O) groups is 1. The molecular formula is C14H20N2O2. The lowest BCUT2D eigenvalue weighted by Crippen LogP contribution is -2.34. The minimum absolute atomic E-state index is 0.0815. The molecule has 0 bridgehead atoms. The molecule has 0 saturated carbocycles. The van der Waals surface area contributed by atoms with Crippen molar-refractivity contribution < 1.29 is 9.90 Å². The van der Waals surface area contributed by atoms with Crippen molar-refractivity contribution in [3.05, 3.63) is 29.8 Å². The maximum absolute atomic E-state index is 12.0. The molecule has 0 spiro atoms. The Labute approximate surface area is 108 Å². The van der Waals surface area contributed by atoms with Crippen LogP contribution in [0.15, 0.2) is 24.3 Å². The molecule has 2 N–H and O–H groups in total. The molecule has 2 amide bonds. The molecule has 4 nitrogen and oxygen atoms in total. The molecule has 0 aliphatic carbocycles. The Morgan fingerprint density at radius 1 is 1.44 bits per heavy atom. The Bertz CT molecular complexity index is 414. The van der Waals surface area contributed by atoms with E-state index in [2.05, 4.69) is 5.32 Å². The molecule has 2 rings (SSSR count). The summed E-state index contributed by atoms with van der Waals surface area (Å²) in [6, 6.07) is 7.66. The smallest absolute Gasteiger partial charge is 0.321 e. The highest BCUT2D eigenvalue weighted by molar-refractivity contribution is 5.89. The van der Waals surface area contributed by atoms with E-state index in [1.54, 1.807) is 11.8 Å². The minimum Gasteiger partial charge on any atom is -0.393 e. The Morgan fingerprint density at radius 2 is 2.11 bits per heavy atom. The third-order valence-electron chi connectivity index (χ3n) is 3.50. The van der Waals surface area contributed by atoms with Crippen molar-refractivity contribution in [3.8, 4) is 0 Å². The summed E-state index contributed by atoms with van der Waals surface area (Å²) in [7, 11) is 0. The van der Waals surface area contributed by atoms with Crippen LogP contribution in [-0.4, -0.2) is 35.2 Å². The van der Waals surface area contributed by atoms with E-state index in [0.717, 1.165) is 12.1 Å². The van der Waals surface area contributed by atoms with Crippen LogP contribution in [0.25, 0.3) is 0 Å². The Balaban J connectivity index is 1.91. The van der Waals surface area contributed by atoms with Gasteiger partial charge >= 0.3 is 6.03 Å². The average Bonchev–Trinajstić information content (AvgIpc) is 2.81. The summed E-state index contributed by atoms with van der Waals surface area (Å²) < 4.78 is 0. The molecule has 1 aliphatic rings. The van der Waals surface area contributed by atoms with Gasteiger partial charge in [-0.1, -0.05) is 17.7 Å². The largest absolute Gasteiger partial charge is 0.393 e. The normalized spacial score (nSPS) is 20.8. The monoisotopic (exact) mass is 248 g/mol. The predicted molar refractivity (Wildman–Crippen MR) is 71.6 cm³/mol. The van der Waals surface area contributed by atoms with E-state index in [-0.39, 0.29) is 18.1 Å². The fraction of sp³-hybridized carbons (Fsp3) is 0.500. The van der Waals surface area contributed by atoms with E-state index in [4.69, 9.17) is 0 Å². The van der Waals surface area contributed by atoms with Crippen LogP contribution in [0.5, 0.6) is 0 Å². The summed E-state index contributed by atoms with van der Waals surface area (Å²) in [6.45, 7) is 5.15. The first-order valence-electron chi connectivity index (χ1n) is 6.37. The van der Waals surface area contributed by atoms with Crippen LogP contribution in [0.2, 0.25) is 0 Å². The van der Waals surface area contributed by atoms with E-state index >= 15 is 0 Å². The van der Waals surface area contributed by atoms with Crippen LogP contribution in [0.4, 0.5) is 10.5 Å². The van der Waals surface area contributed by atoms with Crippen molar-refractivity contribution in [3.63, 3.8) is 0 Å². The number of carbonyl (C=O) groups excluding carboxylic acids is 1. The Morgan fingerprint density at radius 3 is 2.67 bits per heavy atom. The number of hydrogen-bond acceptors (Lipinski definition) is 2. The number of aliphatic hydroxyl groups excluding tert-OH is 1. The van der Waals surface area contributed by atoms with Gasteiger partial charge in [0, 0.05) is 24.7 Å². The number of benzene rings is 1. The number of hydrogen-bond donors (Lipinski definition) is 2. The van der Waals surface area contributed by atoms with Crippen LogP contribution < -0.4 is 5.32 Å². The molecular weight excluding hydrogens is 228 g/mol. The van der Waals surface area contributed by atoms with Gasteiger partial charge in [0.25, 0.3) is 0 Å². The molecule has 1 saturated heterocycles. The van der Waals surface area contributed by atoms with E-state index < -0.39 is 0 Å². The lowest BCUT2D eigenvalue weighted by atomic mass is 10.0. The van der Waals surface area contributed by atoms with Gasteiger partial charge in [0.05, 0.1) is 6.10 Å². The first-order valence-corrected chi connectivity index (χ1v) is 6.37. The van der Waals surface area contributed by atoms with Crippen LogP contribution in [0.1, 0.15) is 18.9 Å². The second kappa shape index (κ2) is 5.40. The number of anilines is 1. The van der Waals surface area contributed by atoms with Gasteiger partial charge in [0.1, 0.15) is 0 Å². The molecule has 2 atom stereocenters. The number of likely N-dealkylation sites (tertiary alicyclic amines) is 1. The number of nitrogens with one attached hydrogen (secondary N) is 1. The number of aliphatic hydroxyl groups is 1. The summed E-state index contributed by atoms with van der Waals surface area (Å²) in [5.41, 5.74) is 1.98. The zero-order valence-electron chi connectivity index (χ0n) is 10.9. The lowest BCUT2D eigenvalue weighted by molar-refractivity contribution is 0.130. The second-order valence-corrected chi connectivity index (χ2v) is 5.03. The van der Waals surface area contributed by atoms with Crippen LogP contribution >= 0.6 is 0 Å². The summed E-state index contributed by atoms with van der Waals surface area (Å²) >= 11 is 0. The van der Waals surface area contributed by atoms with Gasteiger partial charge in [-0.05, 0) is 32.4 Å². The molecule has 98 valence electrons. The van der Waals surface area contributed by atoms with Crippen molar-refractivity contribution in [2.45, 2.75) is 26.4 Å². The zero-order chi connectivity index (χ0) is 13.1. The minimum atomic E-state index is -0.345. The average molecular weight is 248 g/mol. The Kier molecular flexibility index (Phi) is 3.87. The van der Waals surface area contributed by atoms with Crippen LogP contribution in [0, 0.1) is 12.8 Å². The zero-order valence-corrected chi connectivity index (χ0v) is 10.9. The molecule has 0 aromatic heterocycles. The molecule has 18 heavy (non-hydrogen) atoms. The van der Waals surface area contributed by atoms with Gasteiger partial charge in [-0.2, -0.15) is 0 Å². The first kappa shape index (κ1) is 12.9. The summed E-state index contributed by atoms with van der Waals surface area (Å²) in [5, 5.41) is 12.4. The molecule has 1 aromatic carbocycles. The van der Waals surface area contributed by atoms with Crippen molar-refractivity contribution in [1.29, 1.82) is 0 Å². The van der Waals surface area contributed by atoms with Crippen molar-refractivity contribution in [1.82, 2.24) is 4.90 Å². The molecule has 1 heterocycles. The molecule has 4 heteroatoms. The van der Waals surface area contributed by atoms with E-state index in [9.17, 15) is 9.90 Å². The molecule has 1 aromatic rings. The third-order valence-corrected chi connectivity index (χ3v) is 3.50. The SMILES string of the molecule is Cc1ccc(NC(=O)N2CCC(C(C)O)C2)cc1. The van der Waals surface area contributed by atoms with E-state index in [1.807, 2.05) is 31.2 Å². The quantitative estimate of drug-likeness (QED) is 0.843. The first-order chi connectivity index (χ1) is 8.56. The highest BCUT2D eigenvalue weighted by Crippen LogP contribution is 2.20. The lowest BCUT2D eigenvalue weighted by Gasteiger charge is -2.18. The fourth-order valence-electron chi connectivity index (χ4n) is 2.20. The maximum Gasteiger partial charge on any atom is 0.321 e. The van der Waals surface area contributed by atoms with Gasteiger partial charge < -0.3 is 15.3 Å². The molecule has 2 unspecified atom stereocenters. The number of rotatable bonds is 2. The van der Waals surface area contributed by atoms with Crippen molar-refractivity contribution in [2.75, 3.05) is 18.4 Å². The fourth-order valence-corrected chi connectivity index (χ4v) is 2.20. The number of urea groups is 1.